The third-order valence-corrected chi connectivity index (χ3v) is 3.71. The van der Waals surface area contributed by atoms with E-state index in [2.05, 4.69) is 17.4 Å². The number of benzene rings is 1. The van der Waals surface area contributed by atoms with Crippen molar-refractivity contribution in [3.63, 3.8) is 0 Å². The Morgan fingerprint density at radius 2 is 2.00 bits per heavy atom. The fourth-order valence-corrected chi connectivity index (χ4v) is 2.74. The molecule has 4 nitrogen and oxygen atoms in total. The molecule has 2 rings (SSSR count). The summed E-state index contributed by atoms with van der Waals surface area (Å²) in [6.07, 6.45) is 3.17. The van der Waals surface area contributed by atoms with Gasteiger partial charge >= 0.3 is 0 Å². The molecule has 1 atom stereocenters. The smallest absolute Gasteiger partial charge is 0.216 e. The van der Waals surface area contributed by atoms with Crippen molar-refractivity contribution >= 4 is 5.91 Å². The molecule has 1 aliphatic rings. The van der Waals surface area contributed by atoms with Gasteiger partial charge in [-0.25, -0.2) is 0 Å². The van der Waals surface area contributed by atoms with Crippen molar-refractivity contribution in [2.45, 2.75) is 32.1 Å². The van der Waals surface area contributed by atoms with Gasteiger partial charge in [-0.3, -0.25) is 4.79 Å². The minimum Gasteiger partial charge on any atom is -0.493 e. The molecule has 1 N–H and O–H groups in total. The number of carbonyl (C=O) groups is 1. The van der Waals surface area contributed by atoms with E-state index >= 15 is 0 Å². The van der Waals surface area contributed by atoms with Crippen LogP contribution in [0.2, 0.25) is 0 Å². The van der Waals surface area contributed by atoms with Gasteiger partial charge in [-0.05, 0) is 48.4 Å². The van der Waals surface area contributed by atoms with Gasteiger partial charge in [-0.15, -0.1) is 0 Å². The monoisotopic (exact) mass is 263 g/mol. The first-order chi connectivity index (χ1) is 9.15. The van der Waals surface area contributed by atoms with Crippen LogP contribution < -0.4 is 14.8 Å². The van der Waals surface area contributed by atoms with Crippen molar-refractivity contribution < 1.29 is 14.3 Å². The number of aryl methyl sites for hydroxylation is 1. The number of rotatable bonds is 5. The van der Waals surface area contributed by atoms with E-state index < -0.39 is 0 Å². The number of fused-ring (bicyclic) bond motifs is 1. The lowest BCUT2D eigenvalue weighted by molar-refractivity contribution is -0.118. The zero-order chi connectivity index (χ0) is 13.8. The van der Waals surface area contributed by atoms with Crippen molar-refractivity contribution in [2.24, 2.45) is 0 Å². The lowest BCUT2D eigenvalue weighted by Crippen LogP contribution is -2.22. The molecule has 0 unspecified atom stereocenters. The summed E-state index contributed by atoms with van der Waals surface area (Å²) in [4.78, 5) is 10.9. The molecule has 104 valence electrons. The molecule has 1 aromatic rings. The second-order valence-electron chi connectivity index (χ2n) is 4.91. The van der Waals surface area contributed by atoms with E-state index in [1.54, 1.807) is 21.1 Å². The number of carbonyl (C=O) groups excluding carboxylic acids is 1. The maximum atomic E-state index is 10.9. The van der Waals surface area contributed by atoms with Crippen LogP contribution in [0.25, 0.3) is 0 Å². The summed E-state index contributed by atoms with van der Waals surface area (Å²) in [5.41, 5.74) is 2.67. The van der Waals surface area contributed by atoms with Crippen molar-refractivity contribution in [3.8, 4) is 11.5 Å². The van der Waals surface area contributed by atoms with Crippen LogP contribution in [0.3, 0.4) is 0 Å². The number of methoxy groups -OCH3 is 2. The molecule has 1 amide bonds. The second kappa shape index (κ2) is 5.95. The van der Waals surface area contributed by atoms with Gasteiger partial charge < -0.3 is 14.8 Å². The van der Waals surface area contributed by atoms with E-state index in [1.807, 2.05) is 0 Å². The fourth-order valence-electron chi connectivity index (χ4n) is 2.74. The highest BCUT2D eigenvalue weighted by Gasteiger charge is 2.24. The third-order valence-electron chi connectivity index (χ3n) is 3.71. The average Bonchev–Trinajstić information content (AvgIpc) is 2.79. The molecule has 0 aliphatic heterocycles. The average molecular weight is 263 g/mol. The summed E-state index contributed by atoms with van der Waals surface area (Å²) in [5, 5.41) is 2.86. The van der Waals surface area contributed by atoms with Gasteiger partial charge in [0.05, 0.1) is 14.2 Å². The zero-order valence-corrected chi connectivity index (χ0v) is 11.8. The third kappa shape index (κ3) is 3.00. The van der Waals surface area contributed by atoms with E-state index in [4.69, 9.17) is 9.47 Å². The highest BCUT2D eigenvalue weighted by atomic mass is 16.5. The van der Waals surface area contributed by atoms with Gasteiger partial charge in [0.25, 0.3) is 0 Å². The number of amides is 1. The SMILES string of the molecule is COc1cc2c(cc1OC)[C@@H](CCNC(C)=O)CC2. The Hall–Kier alpha value is -1.71. The Bertz CT molecular complexity index is 471. The predicted octanol–water partition coefficient (Wildman–Crippen LogP) is 2.26. The summed E-state index contributed by atoms with van der Waals surface area (Å²) >= 11 is 0. The largest absolute Gasteiger partial charge is 0.493 e. The van der Waals surface area contributed by atoms with Gasteiger partial charge in [-0.1, -0.05) is 0 Å². The highest BCUT2D eigenvalue weighted by molar-refractivity contribution is 5.72. The number of hydrogen-bond donors (Lipinski definition) is 1. The molecule has 19 heavy (non-hydrogen) atoms. The van der Waals surface area contributed by atoms with E-state index in [1.165, 1.54) is 11.1 Å². The summed E-state index contributed by atoms with van der Waals surface area (Å²) in [5.74, 6) is 2.11. The van der Waals surface area contributed by atoms with Crippen LogP contribution in [-0.4, -0.2) is 26.7 Å². The van der Waals surface area contributed by atoms with Crippen LogP contribution in [0.15, 0.2) is 12.1 Å². The Morgan fingerprint density at radius 1 is 1.32 bits per heavy atom. The molecular formula is C15H21NO3. The van der Waals surface area contributed by atoms with Crippen molar-refractivity contribution in [2.75, 3.05) is 20.8 Å². The topological polar surface area (TPSA) is 47.6 Å². The van der Waals surface area contributed by atoms with E-state index in [0.29, 0.717) is 5.92 Å². The first kappa shape index (κ1) is 13.7. The molecule has 4 heteroatoms. The van der Waals surface area contributed by atoms with Crippen molar-refractivity contribution in [1.29, 1.82) is 0 Å². The fraction of sp³-hybridized carbons (Fsp3) is 0.533. The Kier molecular flexibility index (Phi) is 4.30. The van der Waals surface area contributed by atoms with Crippen LogP contribution in [-0.2, 0) is 11.2 Å². The van der Waals surface area contributed by atoms with Crippen LogP contribution in [0, 0.1) is 0 Å². The molecule has 0 fully saturated rings. The van der Waals surface area contributed by atoms with E-state index in [0.717, 1.165) is 37.3 Å². The Labute approximate surface area is 114 Å². The quantitative estimate of drug-likeness (QED) is 0.886. The molecule has 0 spiro atoms. The standard InChI is InChI=1S/C15H21NO3/c1-10(17)16-7-6-11-4-5-12-8-14(18-2)15(19-3)9-13(11)12/h8-9,11H,4-7H2,1-3H3,(H,16,17)/t11-/m1/s1. The molecule has 1 aromatic carbocycles. The minimum absolute atomic E-state index is 0.0329. The molecular weight excluding hydrogens is 242 g/mol. The zero-order valence-electron chi connectivity index (χ0n) is 11.8. The van der Waals surface area contributed by atoms with Crippen LogP contribution in [0.1, 0.15) is 36.8 Å². The highest BCUT2D eigenvalue weighted by Crippen LogP contribution is 2.41. The van der Waals surface area contributed by atoms with Crippen molar-refractivity contribution in [1.82, 2.24) is 5.32 Å². The van der Waals surface area contributed by atoms with Crippen molar-refractivity contribution in [3.05, 3.63) is 23.3 Å². The van der Waals surface area contributed by atoms with E-state index in [-0.39, 0.29) is 5.91 Å². The first-order valence-electron chi connectivity index (χ1n) is 6.65. The summed E-state index contributed by atoms with van der Waals surface area (Å²) in [7, 11) is 3.32. The lowest BCUT2D eigenvalue weighted by Gasteiger charge is -2.14. The van der Waals surface area contributed by atoms with E-state index in [9.17, 15) is 4.79 Å². The predicted molar refractivity (Wildman–Crippen MR) is 73.9 cm³/mol. The normalized spacial score (nSPS) is 16.9. The summed E-state index contributed by atoms with van der Waals surface area (Å²) < 4.78 is 10.7. The van der Waals surface area contributed by atoms with Gasteiger partial charge in [0, 0.05) is 13.5 Å². The molecule has 0 saturated heterocycles. The maximum absolute atomic E-state index is 10.9. The maximum Gasteiger partial charge on any atom is 0.216 e. The van der Waals surface area contributed by atoms with Gasteiger partial charge in [0.15, 0.2) is 11.5 Å². The first-order valence-corrected chi connectivity index (χ1v) is 6.65. The lowest BCUT2D eigenvalue weighted by atomic mass is 9.97. The summed E-state index contributed by atoms with van der Waals surface area (Å²) in [6, 6.07) is 4.16. The van der Waals surface area contributed by atoms with Gasteiger partial charge in [0.2, 0.25) is 5.91 Å². The molecule has 0 saturated carbocycles. The van der Waals surface area contributed by atoms with Crippen LogP contribution in [0.5, 0.6) is 11.5 Å². The Morgan fingerprint density at radius 3 is 2.63 bits per heavy atom. The molecule has 0 bridgehead atoms. The number of ether oxygens (including phenoxy) is 2. The van der Waals surface area contributed by atoms with Gasteiger partial charge in [0.1, 0.15) is 0 Å². The molecule has 0 aromatic heterocycles. The Balaban J connectivity index is 2.12. The van der Waals surface area contributed by atoms with Gasteiger partial charge in [-0.2, -0.15) is 0 Å². The number of nitrogens with one attached hydrogen (secondary N) is 1. The molecule has 0 radical (unpaired) electrons. The second-order valence-corrected chi connectivity index (χ2v) is 4.91. The minimum atomic E-state index is 0.0329. The number of hydrogen-bond acceptors (Lipinski definition) is 3. The molecule has 1 aliphatic carbocycles. The summed E-state index contributed by atoms with van der Waals surface area (Å²) in [6.45, 7) is 2.28. The van der Waals surface area contributed by atoms with Crippen LogP contribution >= 0.6 is 0 Å². The molecule has 0 heterocycles. The van der Waals surface area contributed by atoms with Crippen LogP contribution in [0.4, 0.5) is 0 Å².